The third kappa shape index (κ3) is 4.61. The predicted octanol–water partition coefficient (Wildman–Crippen LogP) is 3.35. The van der Waals surface area contributed by atoms with Gasteiger partial charge >= 0.3 is 6.18 Å². The molecule has 0 N–H and O–H groups in total. The molecule has 0 spiro atoms. The van der Waals surface area contributed by atoms with Crippen LogP contribution in [0.1, 0.15) is 24.0 Å². The van der Waals surface area contributed by atoms with Crippen molar-refractivity contribution in [2.45, 2.75) is 30.0 Å². The van der Waals surface area contributed by atoms with Gasteiger partial charge in [-0.15, -0.1) is 0 Å². The van der Waals surface area contributed by atoms with Crippen molar-refractivity contribution in [2.75, 3.05) is 18.0 Å². The molecule has 1 saturated heterocycles. The Morgan fingerprint density at radius 1 is 1.11 bits per heavy atom. The van der Waals surface area contributed by atoms with Crippen LogP contribution in [0.15, 0.2) is 47.5 Å². The van der Waals surface area contributed by atoms with Crippen LogP contribution >= 0.6 is 0 Å². The smallest absolute Gasteiger partial charge is 0.356 e. The van der Waals surface area contributed by atoms with Gasteiger partial charge in [-0.1, -0.05) is 0 Å². The van der Waals surface area contributed by atoms with Crippen molar-refractivity contribution in [3.63, 3.8) is 0 Å². The predicted molar refractivity (Wildman–Crippen MR) is 93.9 cm³/mol. The maximum Gasteiger partial charge on any atom is 0.416 e. The molecule has 1 aliphatic heterocycles. The monoisotopic (exact) mass is 411 g/mol. The summed E-state index contributed by atoms with van der Waals surface area (Å²) in [7, 11) is -4.15. The Labute approximate surface area is 160 Å². The number of rotatable bonds is 4. The molecule has 0 bridgehead atoms. The summed E-state index contributed by atoms with van der Waals surface area (Å²) in [4.78, 5) is 5.84. The molecule has 0 saturated carbocycles. The van der Waals surface area contributed by atoms with E-state index in [-0.39, 0.29) is 4.90 Å². The van der Waals surface area contributed by atoms with E-state index < -0.39 is 28.0 Å². The third-order valence-corrected chi connectivity index (χ3v) is 5.75. The van der Waals surface area contributed by atoms with Crippen LogP contribution in [0.5, 0.6) is 0 Å². The van der Waals surface area contributed by atoms with Crippen LogP contribution in [0.4, 0.5) is 19.0 Å². The molecule has 28 heavy (non-hydrogen) atoms. The molecule has 0 unspecified atom stereocenters. The Hall–Kier alpha value is -2.64. The summed E-state index contributed by atoms with van der Waals surface area (Å²) in [5.74, 6) is 0.683. The van der Waals surface area contributed by atoms with Crippen molar-refractivity contribution in [3.05, 3.63) is 53.7 Å². The van der Waals surface area contributed by atoms with E-state index in [1.54, 1.807) is 12.1 Å². The molecule has 0 aliphatic carbocycles. The molecule has 0 radical (unpaired) electrons. The lowest BCUT2D eigenvalue weighted by Gasteiger charge is -2.32. The van der Waals surface area contributed by atoms with E-state index in [2.05, 4.69) is 4.98 Å². The van der Waals surface area contributed by atoms with Crippen molar-refractivity contribution in [2.24, 2.45) is 0 Å². The first-order valence-electron chi connectivity index (χ1n) is 8.41. The molecule has 3 rings (SSSR count). The number of anilines is 1. The van der Waals surface area contributed by atoms with Gasteiger partial charge in [-0.2, -0.15) is 26.9 Å². The van der Waals surface area contributed by atoms with E-state index in [0.29, 0.717) is 37.3 Å². The standard InChI is InChI=1S/C18H16F3N3O3S/c19-18(20,21)14-2-4-16(5-3-14)28(25,26)27-15-7-9-24(10-8-15)17-6-1-13(11-22)12-23-17/h1-6,12,15H,7-10H2. The van der Waals surface area contributed by atoms with Crippen LogP contribution in [0, 0.1) is 11.3 Å². The van der Waals surface area contributed by atoms with E-state index in [0.717, 1.165) is 24.3 Å². The van der Waals surface area contributed by atoms with Gasteiger partial charge in [-0.05, 0) is 49.2 Å². The fraction of sp³-hybridized carbons (Fsp3) is 0.333. The first-order chi connectivity index (χ1) is 13.2. The van der Waals surface area contributed by atoms with Crippen LogP contribution in [-0.4, -0.2) is 32.6 Å². The summed E-state index contributed by atoms with van der Waals surface area (Å²) in [5.41, 5.74) is -0.473. The molecule has 10 heteroatoms. The molecule has 148 valence electrons. The number of halogens is 3. The molecule has 0 atom stereocenters. The maximum absolute atomic E-state index is 12.6. The molecule has 0 amide bonds. The number of nitriles is 1. The average molecular weight is 411 g/mol. The lowest BCUT2D eigenvalue weighted by Crippen LogP contribution is -2.38. The van der Waals surface area contributed by atoms with Crippen molar-refractivity contribution in [3.8, 4) is 6.07 Å². The minimum atomic E-state index is -4.53. The van der Waals surface area contributed by atoms with Gasteiger partial charge in [0.15, 0.2) is 0 Å². The van der Waals surface area contributed by atoms with E-state index >= 15 is 0 Å². The molecule has 1 fully saturated rings. The summed E-state index contributed by atoms with van der Waals surface area (Å²) < 4.78 is 67.7. The fourth-order valence-electron chi connectivity index (χ4n) is 2.87. The van der Waals surface area contributed by atoms with E-state index in [1.165, 1.54) is 6.20 Å². The lowest BCUT2D eigenvalue weighted by molar-refractivity contribution is -0.137. The number of benzene rings is 1. The Morgan fingerprint density at radius 3 is 2.25 bits per heavy atom. The fourth-order valence-corrected chi connectivity index (χ4v) is 4.00. The van der Waals surface area contributed by atoms with Gasteiger partial charge in [0.2, 0.25) is 0 Å². The van der Waals surface area contributed by atoms with Gasteiger partial charge in [-0.3, -0.25) is 4.18 Å². The van der Waals surface area contributed by atoms with Gasteiger partial charge in [-0.25, -0.2) is 4.98 Å². The number of piperidine rings is 1. The molecule has 6 nitrogen and oxygen atoms in total. The van der Waals surface area contributed by atoms with Crippen LogP contribution in [0.25, 0.3) is 0 Å². The number of hydrogen-bond acceptors (Lipinski definition) is 6. The van der Waals surface area contributed by atoms with Gasteiger partial charge < -0.3 is 4.90 Å². The number of pyridine rings is 1. The summed E-state index contributed by atoms with van der Waals surface area (Å²) in [6.45, 7) is 1.01. The number of hydrogen-bond donors (Lipinski definition) is 0. The second-order valence-electron chi connectivity index (χ2n) is 6.28. The van der Waals surface area contributed by atoms with Crippen molar-refractivity contribution >= 4 is 15.9 Å². The first kappa shape index (κ1) is 20.1. The van der Waals surface area contributed by atoms with Crippen LogP contribution in [0.2, 0.25) is 0 Å². The highest BCUT2D eigenvalue weighted by atomic mass is 32.2. The summed E-state index contributed by atoms with van der Waals surface area (Å²) in [6, 6.07) is 8.59. The molecule has 2 heterocycles. The van der Waals surface area contributed by atoms with Crippen LogP contribution in [-0.2, 0) is 20.5 Å². The Kier molecular flexibility index (Phi) is 5.58. The van der Waals surface area contributed by atoms with Crippen molar-refractivity contribution in [1.29, 1.82) is 5.26 Å². The van der Waals surface area contributed by atoms with Crippen LogP contribution in [0.3, 0.4) is 0 Å². The van der Waals surface area contributed by atoms with Gasteiger partial charge in [0.1, 0.15) is 11.9 Å². The second-order valence-corrected chi connectivity index (χ2v) is 7.85. The van der Waals surface area contributed by atoms with E-state index in [4.69, 9.17) is 9.44 Å². The number of aromatic nitrogens is 1. The highest BCUT2D eigenvalue weighted by Gasteiger charge is 2.31. The highest BCUT2D eigenvalue weighted by molar-refractivity contribution is 7.86. The van der Waals surface area contributed by atoms with E-state index in [1.807, 2.05) is 11.0 Å². The van der Waals surface area contributed by atoms with Gasteiger partial charge in [0, 0.05) is 19.3 Å². The molecular formula is C18H16F3N3O3S. The van der Waals surface area contributed by atoms with Crippen LogP contribution < -0.4 is 4.90 Å². The molecule has 1 aliphatic rings. The Balaban J connectivity index is 1.61. The quantitative estimate of drug-likeness (QED) is 0.718. The van der Waals surface area contributed by atoms with Crippen molar-refractivity contribution < 1.29 is 25.8 Å². The maximum atomic E-state index is 12.6. The zero-order valence-corrected chi connectivity index (χ0v) is 15.4. The van der Waals surface area contributed by atoms with Crippen molar-refractivity contribution in [1.82, 2.24) is 4.98 Å². The Morgan fingerprint density at radius 2 is 1.75 bits per heavy atom. The summed E-state index contributed by atoms with van der Waals surface area (Å²) in [5, 5.41) is 8.80. The van der Waals surface area contributed by atoms with Gasteiger partial charge in [0.05, 0.1) is 22.1 Å². The average Bonchev–Trinajstić information content (AvgIpc) is 2.68. The highest BCUT2D eigenvalue weighted by Crippen LogP contribution is 2.30. The SMILES string of the molecule is N#Cc1ccc(N2CCC(OS(=O)(=O)c3ccc(C(F)(F)F)cc3)CC2)nc1. The van der Waals surface area contributed by atoms with E-state index in [9.17, 15) is 21.6 Å². The zero-order chi connectivity index (χ0) is 20.4. The molecule has 1 aromatic heterocycles. The third-order valence-electron chi connectivity index (χ3n) is 4.38. The number of alkyl halides is 3. The topological polar surface area (TPSA) is 83.3 Å². The first-order valence-corrected chi connectivity index (χ1v) is 9.81. The van der Waals surface area contributed by atoms with Gasteiger partial charge in [0.25, 0.3) is 10.1 Å². The minimum Gasteiger partial charge on any atom is -0.356 e. The molecule has 1 aromatic carbocycles. The second kappa shape index (κ2) is 7.77. The zero-order valence-electron chi connectivity index (χ0n) is 14.6. The molecular weight excluding hydrogens is 395 g/mol. The summed E-state index contributed by atoms with van der Waals surface area (Å²) >= 11 is 0. The molecule has 2 aromatic rings. The number of nitrogens with zero attached hydrogens (tertiary/aromatic N) is 3. The minimum absolute atomic E-state index is 0.309. The Bertz CT molecular complexity index is 960. The normalized spacial score (nSPS) is 16.0. The largest absolute Gasteiger partial charge is 0.416 e. The summed E-state index contributed by atoms with van der Waals surface area (Å²) in [6.07, 6.45) is -2.80. The lowest BCUT2D eigenvalue weighted by atomic mass is 10.1.